The third kappa shape index (κ3) is 3.09. The summed E-state index contributed by atoms with van der Waals surface area (Å²) in [7, 11) is 0. The smallest absolute Gasteiger partial charge is 0.240 e. The van der Waals surface area contributed by atoms with Crippen LogP contribution in [0.15, 0.2) is 47.1 Å². The van der Waals surface area contributed by atoms with E-state index in [-0.39, 0.29) is 19.0 Å². The predicted octanol–water partition coefficient (Wildman–Crippen LogP) is 2.91. The first kappa shape index (κ1) is 17.0. The third-order valence-electron chi connectivity index (χ3n) is 4.21. The third-order valence-corrected chi connectivity index (χ3v) is 4.21. The summed E-state index contributed by atoms with van der Waals surface area (Å²) in [4.78, 5) is 7.40. The van der Waals surface area contributed by atoms with Crippen molar-refractivity contribution in [3.8, 4) is 17.4 Å². The van der Waals surface area contributed by atoms with Gasteiger partial charge in [0.05, 0.1) is 0 Å². The largest absolute Gasteiger partial charge is 0.471 e. The molecule has 0 saturated heterocycles. The lowest BCUT2D eigenvalue weighted by atomic mass is 10.2. The Labute approximate surface area is 162 Å². The van der Waals surface area contributed by atoms with Crippen molar-refractivity contribution in [2.75, 3.05) is 0 Å². The van der Waals surface area contributed by atoms with E-state index >= 15 is 0 Å². The standard InChI is InChI=1S/C19H11FN6O3/c20-28-11-13-9-16(25-29-13)18-23-22-17-14-3-1-2-4-15(14)19(24-26(17)18)27-10-12-5-7-21-8-6-12/h1-5,7,9H,10-11H2. The lowest BCUT2D eigenvalue weighted by molar-refractivity contribution is -0.149. The summed E-state index contributed by atoms with van der Waals surface area (Å²) >= 11 is 0. The van der Waals surface area contributed by atoms with Gasteiger partial charge >= 0.3 is 0 Å². The summed E-state index contributed by atoms with van der Waals surface area (Å²) in [5, 5.41) is 18.4. The number of halogens is 1. The summed E-state index contributed by atoms with van der Waals surface area (Å²) in [6.45, 7) is -0.116. The number of benzene rings is 1. The van der Waals surface area contributed by atoms with Gasteiger partial charge in [0.1, 0.15) is 13.2 Å². The van der Waals surface area contributed by atoms with Gasteiger partial charge < -0.3 is 9.26 Å². The van der Waals surface area contributed by atoms with Crippen LogP contribution in [0.5, 0.6) is 5.88 Å². The van der Waals surface area contributed by atoms with Gasteiger partial charge in [0.2, 0.25) is 11.7 Å². The Balaban J connectivity index is 1.61. The first-order chi connectivity index (χ1) is 14.3. The molecule has 142 valence electrons. The SMILES string of the molecule is FOCc1cc(-c2nnc3c4ccccc4c(OCc4c#cncc4)nn23)no1. The van der Waals surface area contributed by atoms with Crippen LogP contribution in [0.1, 0.15) is 11.3 Å². The van der Waals surface area contributed by atoms with E-state index in [2.05, 4.69) is 42.6 Å². The van der Waals surface area contributed by atoms with Crippen LogP contribution in [-0.4, -0.2) is 30.0 Å². The Hall–Kier alpha value is -4.10. The van der Waals surface area contributed by atoms with Gasteiger partial charge in [-0.25, -0.2) is 4.98 Å². The zero-order valence-corrected chi connectivity index (χ0v) is 14.7. The quantitative estimate of drug-likeness (QED) is 0.436. The minimum atomic E-state index is -0.353. The van der Waals surface area contributed by atoms with Gasteiger partial charge in [-0.1, -0.05) is 23.4 Å². The highest BCUT2D eigenvalue weighted by molar-refractivity contribution is 5.96. The van der Waals surface area contributed by atoms with Gasteiger partial charge in [-0.3, -0.25) is 0 Å². The van der Waals surface area contributed by atoms with E-state index in [0.29, 0.717) is 23.0 Å². The topological polar surface area (TPSA) is 100 Å². The minimum Gasteiger partial charge on any atom is -0.471 e. The van der Waals surface area contributed by atoms with Gasteiger partial charge in [-0.05, 0) is 22.7 Å². The molecular formula is C19H11FN6O3. The van der Waals surface area contributed by atoms with Crippen LogP contribution < -0.4 is 4.74 Å². The number of rotatable bonds is 6. The molecule has 0 bridgehead atoms. The molecule has 5 aromatic rings. The van der Waals surface area contributed by atoms with Crippen molar-refractivity contribution in [1.82, 2.24) is 30.0 Å². The molecule has 0 unspecified atom stereocenters. The van der Waals surface area contributed by atoms with Crippen molar-refractivity contribution in [3.63, 3.8) is 0 Å². The Kier molecular flexibility index (Phi) is 4.19. The maximum Gasteiger partial charge on any atom is 0.240 e. The van der Waals surface area contributed by atoms with Crippen molar-refractivity contribution in [2.45, 2.75) is 13.2 Å². The van der Waals surface area contributed by atoms with Crippen molar-refractivity contribution in [3.05, 3.63) is 66.2 Å². The molecule has 0 aliphatic carbocycles. The summed E-state index contributed by atoms with van der Waals surface area (Å²) in [5.74, 6) is 0.921. The average Bonchev–Trinajstić information content (AvgIpc) is 3.40. The van der Waals surface area contributed by atoms with E-state index in [1.54, 1.807) is 12.3 Å². The molecule has 0 radical (unpaired) electrons. The van der Waals surface area contributed by atoms with Crippen LogP contribution in [0, 0.1) is 12.3 Å². The van der Waals surface area contributed by atoms with Gasteiger partial charge in [0, 0.05) is 34.8 Å². The summed E-state index contributed by atoms with van der Waals surface area (Å²) in [5.41, 5.74) is 1.65. The van der Waals surface area contributed by atoms with Crippen LogP contribution in [-0.2, 0) is 18.2 Å². The molecule has 0 atom stereocenters. The van der Waals surface area contributed by atoms with Crippen molar-refractivity contribution < 1.29 is 18.7 Å². The fraction of sp³-hybridized carbons (Fsp3) is 0.105. The minimum absolute atomic E-state index is 0.209. The molecular weight excluding hydrogens is 379 g/mol. The number of aromatic nitrogens is 6. The van der Waals surface area contributed by atoms with E-state index in [9.17, 15) is 4.53 Å². The molecule has 10 heteroatoms. The highest BCUT2D eigenvalue weighted by atomic mass is 19.3. The number of ether oxygens (including phenoxy) is 1. The highest BCUT2D eigenvalue weighted by Gasteiger charge is 2.19. The zero-order valence-electron chi connectivity index (χ0n) is 14.7. The van der Waals surface area contributed by atoms with Crippen LogP contribution >= 0.6 is 0 Å². The summed E-state index contributed by atoms with van der Waals surface area (Å²) in [6, 6.07) is 13.7. The second kappa shape index (κ2) is 7.14. The van der Waals surface area contributed by atoms with Crippen molar-refractivity contribution >= 4 is 16.4 Å². The number of hydrogen-bond acceptors (Lipinski definition) is 8. The zero-order chi connectivity index (χ0) is 19.6. The van der Waals surface area contributed by atoms with Gasteiger partial charge in [-0.15, -0.1) is 15.3 Å². The molecule has 0 amide bonds. The first-order valence-corrected chi connectivity index (χ1v) is 8.53. The number of hydrogen-bond donors (Lipinski definition) is 0. The second-order valence-corrected chi connectivity index (χ2v) is 6.04. The van der Waals surface area contributed by atoms with Crippen LogP contribution in [0.4, 0.5) is 4.53 Å². The van der Waals surface area contributed by atoms with E-state index in [1.807, 2.05) is 24.3 Å². The van der Waals surface area contributed by atoms with Crippen molar-refractivity contribution in [2.24, 2.45) is 0 Å². The average molecular weight is 390 g/mol. The van der Waals surface area contributed by atoms with Gasteiger partial charge in [0.25, 0.3) is 0 Å². The van der Waals surface area contributed by atoms with Crippen LogP contribution in [0.2, 0.25) is 0 Å². The maximum absolute atomic E-state index is 12.1. The Morgan fingerprint density at radius 3 is 2.83 bits per heavy atom. The normalized spacial score (nSPS) is 11.1. The molecule has 29 heavy (non-hydrogen) atoms. The molecule has 4 heterocycles. The summed E-state index contributed by atoms with van der Waals surface area (Å²) < 4.78 is 24.6. The molecule has 0 aliphatic rings. The van der Waals surface area contributed by atoms with E-state index < -0.39 is 0 Å². The number of nitrogens with zero attached hydrogens (tertiary/aromatic N) is 6. The van der Waals surface area contributed by atoms with Gasteiger partial charge in [0.15, 0.2) is 17.1 Å². The van der Waals surface area contributed by atoms with Crippen LogP contribution in [0.3, 0.4) is 0 Å². The lowest BCUT2D eigenvalue weighted by Crippen LogP contribution is -2.03. The van der Waals surface area contributed by atoms with Gasteiger partial charge in [-0.2, -0.15) is 9.46 Å². The fourth-order valence-electron chi connectivity index (χ4n) is 2.90. The van der Waals surface area contributed by atoms with E-state index in [4.69, 9.17) is 9.26 Å². The van der Waals surface area contributed by atoms with E-state index in [1.165, 1.54) is 10.6 Å². The van der Waals surface area contributed by atoms with Crippen LogP contribution in [0.25, 0.3) is 27.9 Å². The number of fused-ring (bicyclic) bond motifs is 3. The molecule has 5 rings (SSSR count). The monoisotopic (exact) mass is 390 g/mol. The fourth-order valence-corrected chi connectivity index (χ4v) is 2.90. The highest BCUT2D eigenvalue weighted by Crippen LogP contribution is 2.29. The molecule has 0 fully saturated rings. The molecule has 4 aromatic heterocycles. The first-order valence-electron chi connectivity index (χ1n) is 8.53. The molecule has 0 saturated carbocycles. The lowest BCUT2D eigenvalue weighted by Gasteiger charge is -2.09. The molecule has 0 aliphatic heterocycles. The van der Waals surface area contributed by atoms with Crippen molar-refractivity contribution in [1.29, 1.82) is 0 Å². The summed E-state index contributed by atoms with van der Waals surface area (Å²) in [6.07, 6.45) is 4.26. The Bertz CT molecular complexity index is 1290. The van der Waals surface area contributed by atoms with E-state index in [0.717, 1.165) is 16.3 Å². The predicted molar refractivity (Wildman–Crippen MR) is 95.9 cm³/mol. The Morgan fingerprint density at radius 2 is 2.00 bits per heavy atom. The molecule has 0 N–H and O–H groups in total. The maximum atomic E-state index is 12.1. The second-order valence-electron chi connectivity index (χ2n) is 6.04. The Morgan fingerprint density at radius 1 is 1.10 bits per heavy atom. The molecule has 0 spiro atoms. The molecule has 1 aromatic carbocycles. The molecule has 9 nitrogen and oxygen atoms in total.